The summed E-state index contributed by atoms with van der Waals surface area (Å²) < 4.78 is 0. The number of nitrogens with zero attached hydrogens (tertiary/aromatic N) is 1. The Morgan fingerprint density at radius 3 is 2.45 bits per heavy atom. The second kappa shape index (κ2) is 6.79. The lowest BCUT2D eigenvalue weighted by Gasteiger charge is -2.09. The van der Waals surface area contributed by atoms with Crippen molar-refractivity contribution in [2.75, 3.05) is 6.54 Å². The number of hydrogen-bond acceptors (Lipinski definition) is 4. The normalized spacial score (nSPS) is 16.9. The third-order valence-corrected chi connectivity index (χ3v) is 4.23. The lowest BCUT2D eigenvalue weighted by atomic mass is 10.0. The summed E-state index contributed by atoms with van der Waals surface area (Å²) >= 11 is 0.844. The van der Waals surface area contributed by atoms with Crippen LogP contribution >= 0.6 is 11.8 Å². The highest BCUT2D eigenvalue weighted by atomic mass is 32.2. The van der Waals surface area contributed by atoms with E-state index in [-0.39, 0.29) is 13.0 Å². The zero-order chi connectivity index (χ0) is 16.3. The zero-order valence-corrected chi connectivity index (χ0v) is 13.2. The third kappa shape index (κ3) is 3.76. The van der Waals surface area contributed by atoms with Gasteiger partial charge in [-0.3, -0.25) is 19.3 Å². The number of carbonyl (C=O) groups excluding carboxylic acids is 2. The maximum absolute atomic E-state index is 12.1. The van der Waals surface area contributed by atoms with Crippen molar-refractivity contribution >= 4 is 35.0 Å². The molecule has 0 aromatic heterocycles. The van der Waals surface area contributed by atoms with Crippen molar-refractivity contribution in [3.63, 3.8) is 0 Å². The van der Waals surface area contributed by atoms with Gasteiger partial charge < -0.3 is 5.11 Å². The van der Waals surface area contributed by atoms with Gasteiger partial charge in [0.2, 0.25) is 0 Å². The third-order valence-electron chi connectivity index (χ3n) is 3.32. The number of benzene rings is 1. The van der Waals surface area contributed by atoms with E-state index in [0.29, 0.717) is 10.8 Å². The van der Waals surface area contributed by atoms with Crippen LogP contribution in [-0.4, -0.2) is 33.7 Å². The molecule has 1 aliphatic heterocycles. The number of thioether (sulfide) groups is 1. The van der Waals surface area contributed by atoms with E-state index >= 15 is 0 Å². The number of carboxylic acid groups (broad SMARTS) is 1. The Morgan fingerprint density at radius 1 is 1.27 bits per heavy atom. The van der Waals surface area contributed by atoms with E-state index in [0.717, 1.165) is 22.2 Å². The smallest absolute Gasteiger partial charge is 0.305 e. The molecule has 6 heteroatoms. The van der Waals surface area contributed by atoms with Crippen molar-refractivity contribution in [3.8, 4) is 0 Å². The lowest BCUT2D eigenvalue weighted by molar-refractivity contribution is -0.137. The zero-order valence-electron chi connectivity index (χ0n) is 12.4. The summed E-state index contributed by atoms with van der Waals surface area (Å²) in [6.45, 7) is 4.11. The maximum Gasteiger partial charge on any atom is 0.305 e. The van der Waals surface area contributed by atoms with Gasteiger partial charge in [0.25, 0.3) is 11.1 Å². The first-order valence-corrected chi connectivity index (χ1v) is 7.77. The van der Waals surface area contributed by atoms with Crippen LogP contribution in [0.3, 0.4) is 0 Å². The molecule has 0 aliphatic carbocycles. The van der Waals surface area contributed by atoms with Gasteiger partial charge in [-0.1, -0.05) is 38.1 Å². The Bertz CT molecular complexity index is 634. The highest BCUT2D eigenvalue weighted by Gasteiger charge is 2.34. The predicted molar refractivity (Wildman–Crippen MR) is 85.5 cm³/mol. The standard InChI is InChI=1S/C16H17NO4S/c1-10(2)12-5-3-11(4-6-12)9-13-15(20)17(16(21)22-13)8-7-14(18)19/h3-6,9-10H,7-8H2,1-2H3,(H,18,19). The van der Waals surface area contributed by atoms with E-state index in [9.17, 15) is 14.4 Å². The van der Waals surface area contributed by atoms with Gasteiger partial charge in [-0.15, -0.1) is 0 Å². The molecule has 1 heterocycles. The molecular formula is C16H17NO4S. The summed E-state index contributed by atoms with van der Waals surface area (Å²) in [6, 6.07) is 7.79. The molecule has 1 aromatic rings. The fourth-order valence-corrected chi connectivity index (χ4v) is 2.89. The van der Waals surface area contributed by atoms with Gasteiger partial charge in [0.05, 0.1) is 11.3 Å². The minimum atomic E-state index is -1.03. The fraction of sp³-hybridized carbons (Fsp3) is 0.312. The summed E-state index contributed by atoms with van der Waals surface area (Å²) in [7, 11) is 0. The van der Waals surface area contributed by atoms with Crippen LogP contribution in [0.2, 0.25) is 0 Å². The van der Waals surface area contributed by atoms with Crippen molar-refractivity contribution in [1.82, 2.24) is 4.90 Å². The monoisotopic (exact) mass is 319 g/mol. The number of hydrogen-bond donors (Lipinski definition) is 1. The van der Waals surface area contributed by atoms with E-state index in [1.165, 1.54) is 5.56 Å². The second-order valence-electron chi connectivity index (χ2n) is 5.30. The molecule has 116 valence electrons. The summed E-state index contributed by atoms with van der Waals surface area (Å²) in [6.07, 6.45) is 1.42. The highest BCUT2D eigenvalue weighted by Crippen LogP contribution is 2.32. The first-order valence-electron chi connectivity index (χ1n) is 6.95. The van der Waals surface area contributed by atoms with E-state index in [2.05, 4.69) is 13.8 Å². The van der Waals surface area contributed by atoms with E-state index < -0.39 is 17.1 Å². The van der Waals surface area contributed by atoms with Crippen molar-refractivity contribution < 1.29 is 19.5 Å². The maximum atomic E-state index is 12.1. The van der Waals surface area contributed by atoms with Crippen LogP contribution in [0.25, 0.3) is 6.08 Å². The van der Waals surface area contributed by atoms with Crippen LogP contribution < -0.4 is 0 Å². The van der Waals surface area contributed by atoms with Gasteiger partial charge in [0.1, 0.15) is 0 Å². The Labute approximate surface area is 133 Å². The summed E-state index contributed by atoms with van der Waals surface area (Å²) in [4.78, 5) is 35.8. The average Bonchev–Trinajstić information content (AvgIpc) is 2.72. The molecular weight excluding hydrogens is 302 g/mol. The second-order valence-corrected chi connectivity index (χ2v) is 6.29. The van der Waals surface area contributed by atoms with Crippen molar-refractivity contribution in [3.05, 3.63) is 40.3 Å². The molecule has 0 spiro atoms. The molecule has 0 bridgehead atoms. The molecule has 0 radical (unpaired) electrons. The molecule has 1 aliphatic rings. The number of carboxylic acids is 1. The minimum Gasteiger partial charge on any atom is -0.481 e. The molecule has 0 saturated carbocycles. The van der Waals surface area contributed by atoms with E-state index in [1.54, 1.807) is 6.08 Å². The van der Waals surface area contributed by atoms with Gasteiger partial charge in [-0.2, -0.15) is 0 Å². The topological polar surface area (TPSA) is 74.7 Å². The first-order chi connectivity index (χ1) is 10.4. The SMILES string of the molecule is CC(C)c1ccc(C=C2SC(=O)N(CCC(=O)O)C2=O)cc1. The van der Waals surface area contributed by atoms with Gasteiger partial charge in [-0.25, -0.2) is 0 Å². The Hall–Kier alpha value is -2.08. The van der Waals surface area contributed by atoms with Crippen LogP contribution in [0.1, 0.15) is 37.3 Å². The molecule has 1 saturated heterocycles. The summed E-state index contributed by atoms with van der Waals surface area (Å²) in [5.41, 5.74) is 2.04. The van der Waals surface area contributed by atoms with Crippen LogP contribution in [0.4, 0.5) is 4.79 Å². The minimum absolute atomic E-state index is 0.0936. The number of rotatable bonds is 5. The van der Waals surface area contributed by atoms with Gasteiger partial charge in [0, 0.05) is 6.54 Å². The summed E-state index contributed by atoms with van der Waals surface area (Å²) in [5.74, 6) is -1.03. The number of imide groups is 1. The fourth-order valence-electron chi connectivity index (χ4n) is 2.03. The van der Waals surface area contributed by atoms with E-state index in [4.69, 9.17) is 5.11 Å². The Balaban J connectivity index is 2.13. The predicted octanol–water partition coefficient (Wildman–Crippen LogP) is 3.32. The first kappa shape index (κ1) is 16.3. The number of carbonyl (C=O) groups is 3. The molecule has 0 atom stereocenters. The molecule has 2 amide bonds. The highest BCUT2D eigenvalue weighted by molar-refractivity contribution is 8.18. The molecule has 1 fully saturated rings. The number of aliphatic carboxylic acids is 1. The van der Waals surface area contributed by atoms with Crippen LogP contribution in [0.5, 0.6) is 0 Å². The molecule has 1 aromatic carbocycles. The van der Waals surface area contributed by atoms with Gasteiger partial charge >= 0.3 is 5.97 Å². The van der Waals surface area contributed by atoms with Gasteiger partial charge in [-0.05, 0) is 34.9 Å². The van der Waals surface area contributed by atoms with Crippen molar-refractivity contribution in [1.29, 1.82) is 0 Å². The molecule has 5 nitrogen and oxygen atoms in total. The largest absolute Gasteiger partial charge is 0.481 e. The van der Waals surface area contributed by atoms with Crippen LogP contribution in [-0.2, 0) is 9.59 Å². The molecule has 1 N–H and O–H groups in total. The van der Waals surface area contributed by atoms with Gasteiger partial charge in [0.15, 0.2) is 0 Å². The number of amides is 2. The average molecular weight is 319 g/mol. The van der Waals surface area contributed by atoms with Crippen LogP contribution in [0, 0.1) is 0 Å². The van der Waals surface area contributed by atoms with Crippen molar-refractivity contribution in [2.45, 2.75) is 26.2 Å². The Kier molecular flexibility index (Phi) is 5.03. The van der Waals surface area contributed by atoms with Crippen LogP contribution in [0.15, 0.2) is 29.2 Å². The molecule has 22 heavy (non-hydrogen) atoms. The molecule has 0 unspecified atom stereocenters. The van der Waals surface area contributed by atoms with Crippen molar-refractivity contribution in [2.24, 2.45) is 0 Å². The lowest BCUT2D eigenvalue weighted by Crippen LogP contribution is -2.30. The quantitative estimate of drug-likeness (QED) is 0.843. The molecule has 2 rings (SSSR count). The Morgan fingerprint density at radius 2 is 1.91 bits per heavy atom. The summed E-state index contributed by atoms with van der Waals surface area (Å²) in [5, 5.41) is 8.23. The van der Waals surface area contributed by atoms with E-state index in [1.807, 2.05) is 24.3 Å².